The van der Waals surface area contributed by atoms with E-state index in [1.54, 1.807) is 7.11 Å². The van der Waals surface area contributed by atoms with Crippen molar-refractivity contribution in [3.05, 3.63) is 65.7 Å². The van der Waals surface area contributed by atoms with Crippen molar-refractivity contribution >= 4 is 5.91 Å². The van der Waals surface area contributed by atoms with Crippen LogP contribution in [-0.2, 0) is 10.2 Å². The van der Waals surface area contributed by atoms with Crippen LogP contribution < -0.4 is 10.1 Å². The van der Waals surface area contributed by atoms with Crippen molar-refractivity contribution in [3.8, 4) is 5.75 Å². The third kappa shape index (κ3) is 3.86. The quantitative estimate of drug-likeness (QED) is 0.789. The number of benzene rings is 2. The van der Waals surface area contributed by atoms with Crippen LogP contribution in [0.15, 0.2) is 54.6 Å². The number of hydrogen-bond donors (Lipinski definition) is 1. The van der Waals surface area contributed by atoms with Gasteiger partial charge in [-0.15, -0.1) is 0 Å². The molecule has 1 N–H and O–H groups in total. The molecule has 2 aliphatic rings. The third-order valence-electron chi connectivity index (χ3n) is 6.20. The normalized spacial score (nSPS) is 27.0. The largest absolute Gasteiger partial charge is 0.496 e. The van der Waals surface area contributed by atoms with Crippen LogP contribution in [0.5, 0.6) is 5.75 Å². The van der Waals surface area contributed by atoms with E-state index < -0.39 is 0 Å². The van der Waals surface area contributed by atoms with Crippen LogP contribution in [0.1, 0.15) is 41.6 Å². The van der Waals surface area contributed by atoms with Crippen LogP contribution >= 0.6 is 0 Å². The summed E-state index contributed by atoms with van der Waals surface area (Å²) in [5.41, 5.74) is 1.90. The molecule has 0 radical (unpaired) electrons. The molecule has 1 aliphatic carbocycles. The average molecular weight is 365 g/mol. The molecule has 1 amide bonds. The maximum atomic E-state index is 12.8. The average Bonchev–Trinajstić information content (AvgIpc) is 3.58. The van der Waals surface area contributed by atoms with Gasteiger partial charge in [-0.2, -0.15) is 0 Å². The highest BCUT2D eigenvalue weighted by atomic mass is 16.6. The van der Waals surface area contributed by atoms with Gasteiger partial charge in [0.05, 0.1) is 25.4 Å². The zero-order chi connectivity index (χ0) is 18.7. The minimum atomic E-state index is -0.0737. The van der Waals surface area contributed by atoms with Crippen LogP contribution in [0.4, 0.5) is 0 Å². The molecule has 4 nitrogen and oxygen atoms in total. The fourth-order valence-electron chi connectivity index (χ4n) is 4.43. The highest BCUT2D eigenvalue weighted by molar-refractivity contribution is 5.96. The van der Waals surface area contributed by atoms with Gasteiger partial charge in [0.15, 0.2) is 0 Å². The molecule has 27 heavy (non-hydrogen) atoms. The monoisotopic (exact) mass is 365 g/mol. The van der Waals surface area contributed by atoms with Gasteiger partial charge in [-0.05, 0) is 49.3 Å². The summed E-state index contributed by atoms with van der Waals surface area (Å²) in [6.07, 6.45) is 4.94. The molecule has 142 valence electrons. The van der Waals surface area contributed by atoms with E-state index in [1.807, 2.05) is 30.3 Å². The van der Waals surface area contributed by atoms with E-state index in [0.717, 1.165) is 32.3 Å². The molecule has 4 heteroatoms. The molecule has 1 saturated heterocycles. The predicted octanol–water partition coefficient (Wildman–Crippen LogP) is 3.95. The van der Waals surface area contributed by atoms with Crippen LogP contribution in [0.3, 0.4) is 0 Å². The van der Waals surface area contributed by atoms with Crippen molar-refractivity contribution in [1.29, 1.82) is 0 Å². The first-order valence-electron chi connectivity index (χ1n) is 9.80. The number of amides is 1. The van der Waals surface area contributed by atoms with E-state index >= 15 is 0 Å². The van der Waals surface area contributed by atoms with Gasteiger partial charge in [-0.25, -0.2) is 0 Å². The van der Waals surface area contributed by atoms with Gasteiger partial charge in [-0.1, -0.05) is 42.5 Å². The summed E-state index contributed by atoms with van der Waals surface area (Å²) in [5, 5.41) is 3.19. The second-order valence-electron chi connectivity index (χ2n) is 7.74. The summed E-state index contributed by atoms with van der Waals surface area (Å²) in [6, 6.07) is 18.0. The van der Waals surface area contributed by atoms with Gasteiger partial charge < -0.3 is 14.8 Å². The SMILES string of the molecule is COc1ccccc1C(=O)NCC1(c2ccccc2)CCC(C2CO2)CC1. The van der Waals surface area contributed by atoms with Gasteiger partial charge >= 0.3 is 0 Å². The lowest BCUT2D eigenvalue weighted by Gasteiger charge is -2.40. The van der Waals surface area contributed by atoms with E-state index in [-0.39, 0.29) is 11.3 Å². The molecule has 2 fully saturated rings. The molecule has 0 spiro atoms. The van der Waals surface area contributed by atoms with Crippen LogP contribution in [0.2, 0.25) is 0 Å². The minimum absolute atomic E-state index is 0.00960. The highest BCUT2D eigenvalue weighted by Crippen LogP contribution is 2.44. The Morgan fingerprint density at radius 2 is 1.78 bits per heavy atom. The Kier molecular flexibility index (Phi) is 5.17. The molecule has 2 aromatic rings. The lowest BCUT2D eigenvalue weighted by Crippen LogP contribution is -2.44. The molecule has 0 bridgehead atoms. The number of carbonyl (C=O) groups excluding carboxylic acids is 1. The Hall–Kier alpha value is -2.33. The van der Waals surface area contributed by atoms with Crippen LogP contribution in [0, 0.1) is 5.92 Å². The lowest BCUT2D eigenvalue weighted by atomic mass is 9.66. The number of ether oxygens (including phenoxy) is 2. The number of methoxy groups -OCH3 is 1. The van der Waals surface area contributed by atoms with Gasteiger partial charge in [0.1, 0.15) is 5.75 Å². The topological polar surface area (TPSA) is 50.9 Å². The molecular weight excluding hydrogens is 338 g/mol. The number of rotatable bonds is 6. The molecule has 1 saturated carbocycles. The third-order valence-corrected chi connectivity index (χ3v) is 6.20. The standard InChI is InChI=1S/C23H27NO3/c1-26-20-10-6-5-9-19(20)22(25)24-16-23(18-7-3-2-4-8-18)13-11-17(12-14-23)21-15-27-21/h2-10,17,21H,11-16H2,1H3,(H,24,25). The summed E-state index contributed by atoms with van der Waals surface area (Å²) < 4.78 is 10.9. The van der Waals surface area contributed by atoms with Crippen molar-refractivity contribution in [2.45, 2.75) is 37.2 Å². The maximum absolute atomic E-state index is 12.8. The summed E-state index contributed by atoms with van der Waals surface area (Å²) in [7, 11) is 1.60. The second-order valence-corrected chi connectivity index (χ2v) is 7.74. The fourth-order valence-corrected chi connectivity index (χ4v) is 4.43. The lowest BCUT2D eigenvalue weighted by molar-refractivity contribution is 0.0926. The fraction of sp³-hybridized carbons (Fsp3) is 0.435. The molecule has 0 aromatic heterocycles. The van der Waals surface area contributed by atoms with Crippen molar-refractivity contribution in [1.82, 2.24) is 5.32 Å². The number of epoxide rings is 1. The molecule has 4 rings (SSSR count). The molecule has 1 atom stereocenters. The minimum Gasteiger partial charge on any atom is -0.496 e. The maximum Gasteiger partial charge on any atom is 0.255 e. The van der Waals surface area contributed by atoms with E-state index in [2.05, 4.69) is 29.6 Å². The van der Waals surface area contributed by atoms with Crippen molar-refractivity contribution in [3.63, 3.8) is 0 Å². The highest BCUT2D eigenvalue weighted by Gasteiger charge is 2.42. The smallest absolute Gasteiger partial charge is 0.255 e. The zero-order valence-electron chi connectivity index (χ0n) is 15.8. The van der Waals surface area contributed by atoms with Gasteiger partial charge in [0, 0.05) is 12.0 Å². The number of carbonyl (C=O) groups is 1. The molecule has 2 aromatic carbocycles. The summed E-state index contributed by atoms with van der Waals surface area (Å²) in [5.74, 6) is 1.21. The number of nitrogens with one attached hydrogen (secondary N) is 1. The Balaban J connectivity index is 1.51. The van der Waals surface area contributed by atoms with Gasteiger partial charge in [0.25, 0.3) is 5.91 Å². The van der Waals surface area contributed by atoms with E-state index in [4.69, 9.17) is 9.47 Å². The van der Waals surface area contributed by atoms with Gasteiger partial charge in [-0.3, -0.25) is 4.79 Å². The Morgan fingerprint density at radius 3 is 2.44 bits per heavy atom. The summed E-state index contributed by atoms with van der Waals surface area (Å²) >= 11 is 0. The molecule has 1 heterocycles. The van der Waals surface area contributed by atoms with E-state index in [1.165, 1.54) is 5.56 Å². The zero-order valence-corrected chi connectivity index (χ0v) is 15.8. The van der Waals surface area contributed by atoms with E-state index in [0.29, 0.717) is 29.9 Å². The Bertz CT molecular complexity index is 777. The first kappa shape index (κ1) is 18.1. The number of hydrogen-bond acceptors (Lipinski definition) is 3. The Labute approximate surface area is 160 Å². The Morgan fingerprint density at radius 1 is 1.11 bits per heavy atom. The van der Waals surface area contributed by atoms with Crippen LogP contribution in [0.25, 0.3) is 0 Å². The molecular formula is C23H27NO3. The van der Waals surface area contributed by atoms with Crippen molar-refractivity contribution < 1.29 is 14.3 Å². The van der Waals surface area contributed by atoms with Gasteiger partial charge in [0.2, 0.25) is 0 Å². The second kappa shape index (κ2) is 7.73. The van der Waals surface area contributed by atoms with E-state index in [9.17, 15) is 4.79 Å². The van der Waals surface area contributed by atoms with Crippen LogP contribution in [-0.4, -0.2) is 32.3 Å². The summed E-state index contributed by atoms with van der Waals surface area (Å²) in [4.78, 5) is 12.8. The first-order valence-corrected chi connectivity index (χ1v) is 9.80. The molecule has 1 unspecified atom stereocenters. The van der Waals surface area contributed by atoms with Crippen molar-refractivity contribution in [2.24, 2.45) is 5.92 Å². The molecule has 1 aliphatic heterocycles. The number of para-hydroxylation sites is 1. The predicted molar refractivity (Wildman–Crippen MR) is 105 cm³/mol. The first-order chi connectivity index (χ1) is 13.2. The van der Waals surface area contributed by atoms with Crippen molar-refractivity contribution in [2.75, 3.05) is 20.3 Å². The summed E-state index contributed by atoms with van der Waals surface area (Å²) in [6.45, 7) is 1.57.